The van der Waals surface area contributed by atoms with E-state index >= 15 is 0 Å². The van der Waals surface area contributed by atoms with Gasteiger partial charge >= 0.3 is 0 Å². The number of amidine groups is 1. The number of rotatable bonds is 4. The van der Waals surface area contributed by atoms with Crippen LogP contribution in [0.5, 0.6) is 11.6 Å². The molecular formula is C24H25N3O2S. The van der Waals surface area contributed by atoms with Gasteiger partial charge in [-0.25, -0.2) is 4.98 Å². The summed E-state index contributed by atoms with van der Waals surface area (Å²) >= 11 is 1.71. The largest absolute Gasteiger partial charge is 0.438 e. The van der Waals surface area contributed by atoms with Gasteiger partial charge in [0.25, 0.3) is 0 Å². The molecule has 0 saturated heterocycles. The number of anilines is 1. The van der Waals surface area contributed by atoms with Crippen LogP contribution in [0.1, 0.15) is 28.8 Å². The zero-order valence-corrected chi connectivity index (χ0v) is 18.2. The number of aromatic nitrogens is 1. The molecule has 5 nitrogen and oxygen atoms in total. The van der Waals surface area contributed by atoms with Gasteiger partial charge in [0, 0.05) is 22.8 Å². The second kappa shape index (κ2) is 8.79. The molecule has 0 fully saturated rings. The van der Waals surface area contributed by atoms with Gasteiger partial charge in [0.15, 0.2) is 5.84 Å². The van der Waals surface area contributed by atoms with Crippen molar-refractivity contribution in [3.63, 3.8) is 0 Å². The number of thioether (sulfide) groups is 1. The van der Waals surface area contributed by atoms with E-state index in [1.807, 2.05) is 54.3 Å². The van der Waals surface area contributed by atoms with Crippen molar-refractivity contribution >= 4 is 23.3 Å². The first-order valence-electron chi connectivity index (χ1n) is 9.98. The van der Waals surface area contributed by atoms with Crippen LogP contribution in [0.15, 0.2) is 64.6 Å². The average Bonchev–Trinajstić information content (AvgIpc) is 2.76. The van der Waals surface area contributed by atoms with Crippen LogP contribution in [0.2, 0.25) is 0 Å². The molecule has 2 aromatic carbocycles. The fraction of sp³-hybridized carbons (Fsp3) is 0.250. The predicted octanol–water partition coefficient (Wildman–Crippen LogP) is 5.80. The Labute approximate surface area is 181 Å². The molecule has 2 heterocycles. The van der Waals surface area contributed by atoms with Crippen LogP contribution in [0.25, 0.3) is 0 Å². The van der Waals surface area contributed by atoms with Crippen molar-refractivity contribution in [3.8, 4) is 11.6 Å². The van der Waals surface area contributed by atoms with Crippen molar-refractivity contribution in [3.05, 3.63) is 77.0 Å². The third-order valence-corrected chi connectivity index (χ3v) is 6.18. The van der Waals surface area contributed by atoms with E-state index < -0.39 is 0 Å². The second-order valence-electron chi connectivity index (χ2n) is 7.35. The number of para-hydroxylation sites is 1. The maximum atomic E-state index is 9.99. The average molecular weight is 420 g/mol. The summed E-state index contributed by atoms with van der Waals surface area (Å²) in [5.74, 6) is 1.59. The van der Waals surface area contributed by atoms with Crippen molar-refractivity contribution in [2.24, 2.45) is 5.16 Å². The van der Waals surface area contributed by atoms with Crippen LogP contribution >= 0.6 is 11.8 Å². The van der Waals surface area contributed by atoms with Crippen LogP contribution in [0.4, 0.5) is 5.69 Å². The molecule has 0 aliphatic carbocycles. The lowest BCUT2D eigenvalue weighted by molar-refractivity contribution is 0.317. The lowest BCUT2D eigenvalue weighted by atomic mass is 10.0. The summed E-state index contributed by atoms with van der Waals surface area (Å²) < 4.78 is 6.19. The Kier molecular flexibility index (Phi) is 5.95. The van der Waals surface area contributed by atoms with Crippen LogP contribution in [0.3, 0.4) is 0 Å². The molecule has 1 N–H and O–H groups in total. The summed E-state index contributed by atoms with van der Waals surface area (Å²) in [6, 6.07) is 18.0. The normalized spacial score (nSPS) is 13.8. The minimum atomic E-state index is 0.433. The highest BCUT2D eigenvalue weighted by Gasteiger charge is 2.25. The molecule has 0 bridgehead atoms. The van der Waals surface area contributed by atoms with Gasteiger partial charge in [-0.05, 0) is 80.5 Å². The number of hydrogen-bond donors (Lipinski definition) is 1. The summed E-state index contributed by atoms with van der Waals surface area (Å²) in [4.78, 5) is 7.87. The van der Waals surface area contributed by atoms with Gasteiger partial charge in [0.05, 0.1) is 5.56 Å². The molecular weight excluding hydrogens is 394 g/mol. The highest BCUT2D eigenvalue weighted by molar-refractivity contribution is 7.98. The van der Waals surface area contributed by atoms with Gasteiger partial charge in [-0.15, -0.1) is 11.8 Å². The Morgan fingerprint density at radius 1 is 1.13 bits per heavy atom. The zero-order chi connectivity index (χ0) is 21.1. The molecule has 3 aromatic rings. The quantitative estimate of drug-likeness (QED) is 0.190. The summed E-state index contributed by atoms with van der Waals surface area (Å²) in [5, 5.41) is 13.7. The fourth-order valence-corrected chi connectivity index (χ4v) is 4.40. The van der Waals surface area contributed by atoms with Crippen LogP contribution in [-0.2, 0) is 6.42 Å². The topological polar surface area (TPSA) is 58.0 Å². The minimum Gasteiger partial charge on any atom is -0.438 e. The predicted molar refractivity (Wildman–Crippen MR) is 122 cm³/mol. The van der Waals surface area contributed by atoms with Gasteiger partial charge in [0.1, 0.15) is 5.75 Å². The number of hydrogen-bond acceptors (Lipinski definition) is 5. The highest BCUT2D eigenvalue weighted by Crippen LogP contribution is 2.33. The number of pyridine rings is 1. The number of nitrogens with zero attached hydrogens (tertiary/aromatic N) is 3. The van der Waals surface area contributed by atoms with E-state index in [1.54, 1.807) is 11.8 Å². The molecule has 154 valence electrons. The summed E-state index contributed by atoms with van der Waals surface area (Å²) in [5.41, 5.74) is 4.95. The van der Waals surface area contributed by atoms with Gasteiger partial charge in [-0.2, -0.15) is 0 Å². The van der Waals surface area contributed by atoms with Crippen molar-refractivity contribution in [2.75, 3.05) is 17.7 Å². The van der Waals surface area contributed by atoms with Gasteiger partial charge in [-0.3, -0.25) is 0 Å². The standard InChI is InChI=1S/C24H25N3O2S/c1-16-15-19(11-13-22(16)30-3)29-24-20(12-10-17(2)25-24)23(26-28)27-14-6-8-18-7-4-5-9-21(18)27/h4-5,7,9-13,15,28H,6,8,14H2,1-3H3/b26-23-. The zero-order valence-electron chi connectivity index (χ0n) is 17.4. The molecule has 1 aromatic heterocycles. The maximum absolute atomic E-state index is 9.99. The Morgan fingerprint density at radius 2 is 1.97 bits per heavy atom. The SMILES string of the molecule is CSc1ccc(Oc2nc(C)ccc2/C(=N/O)N2CCCc3ccccc32)cc1C. The number of benzene rings is 2. The molecule has 0 radical (unpaired) electrons. The highest BCUT2D eigenvalue weighted by atomic mass is 32.2. The number of ether oxygens (including phenoxy) is 1. The molecule has 6 heteroatoms. The maximum Gasteiger partial charge on any atom is 0.230 e. The molecule has 30 heavy (non-hydrogen) atoms. The van der Waals surface area contributed by atoms with Crippen molar-refractivity contribution in [1.29, 1.82) is 0 Å². The third kappa shape index (κ3) is 4.00. The van der Waals surface area contributed by atoms with E-state index in [-0.39, 0.29) is 0 Å². The van der Waals surface area contributed by atoms with E-state index in [9.17, 15) is 5.21 Å². The molecule has 4 rings (SSSR count). The van der Waals surface area contributed by atoms with Crippen LogP contribution in [0, 0.1) is 13.8 Å². The van der Waals surface area contributed by atoms with E-state index in [1.165, 1.54) is 10.5 Å². The molecule has 0 atom stereocenters. The monoisotopic (exact) mass is 419 g/mol. The second-order valence-corrected chi connectivity index (χ2v) is 8.19. The first-order chi connectivity index (χ1) is 14.6. The molecule has 1 aliphatic heterocycles. The minimum absolute atomic E-state index is 0.433. The fourth-order valence-electron chi connectivity index (χ4n) is 3.81. The number of oxime groups is 1. The molecule has 1 aliphatic rings. The van der Waals surface area contributed by atoms with Gasteiger partial charge in [0.2, 0.25) is 5.88 Å². The van der Waals surface area contributed by atoms with Crippen LogP contribution < -0.4 is 9.64 Å². The summed E-state index contributed by atoms with van der Waals surface area (Å²) in [7, 11) is 0. The summed E-state index contributed by atoms with van der Waals surface area (Å²) in [6.45, 7) is 4.75. The third-order valence-electron chi connectivity index (χ3n) is 5.28. The number of fused-ring (bicyclic) bond motifs is 1. The lowest BCUT2D eigenvalue weighted by Crippen LogP contribution is -2.36. The Hall–Kier alpha value is -2.99. The molecule has 0 saturated carbocycles. The first-order valence-corrected chi connectivity index (χ1v) is 11.2. The lowest BCUT2D eigenvalue weighted by Gasteiger charge is -2.31. The Balaban J connectivity index is 1.73. The van der Waals surface area contributed by atoms with Crippen molar-refractivity contribution in [1.82, 2.24) is 4.98 Å². The van der Waals surface area contributed by atoms with Gasteiger partial charge in [-0.1, -0.05) is 23.4 Å². The Bertz CT molecular complexity index is 1100. The van der Waals surface area contributed by atoms with Gasteiger partial charge < -0.3 is 14.8 Å². The Morgan fingerprint density at radius 3 is 2.73 bits per heavy atom. The van der Waals surface area contributed by atoms with Crippen molar-refractivity contribution < 1.29 is 9.94 Å². The molecule has 0 amide bonds. The van der Waals surface area contributed by atoms with E-state index in [0.29, 0.717) is 23.0 Å². The van der Waals surface area contributed by atoms with Crippen LogP contribution in [-0.4, -0.2) is 28.8 Å². The molecule has 0 spiro atoms. The smallest absolute Gasteiger partial charge is 0.230 e. The molecule has 0 unspecified atom stereocenters. The van der Waals surface area contributed by atoms with E-state index in [2.05, 4.69) is 35.5 Å². The number of aryl methyl sites for hydroxylation is 3. The van der Waals surface area contributed by atoms with Crippen molar-refractivity contribution in [2.45, 2.75) is 31.6 Å². The first kappa shape index (κ1) is 20.3. The summed E-state index contributed by atoms with van der Waals surface area (Å²) in [6.07, 6.45) is 4.06. The van der Waals surface area contributed by atoms with E-state index in [4.69, 9.17) is 4.74 Å². The van der Waals surface area contributed by atoms with E-state index in [0.717, 1.165) is 36.3 Å².